The third-order valence-electron chi connectivity index (χ3n) is 4.45. The zero-order chi connectivity index (χ0) is 14.7. The van der Waals surface area contributed by atoms with Gasteiger partial charge in [0.1, 0.15) is 0 Å². The molecule has 0 saturated heterocycles. The number of aromatic amines is 1. The Morgan fingerprint density at radius 3 is 2.95 bits per heavy atom. The number of guanidine groups is 1. The number of aryl methyl sites for hydroxylation is 1. The van der Waals surface area contributed by atoms with Gasteiger partial charge in [-0.05, 0) is 43.2 Å². The summed E-state index contributed by atoms with van der Waals surface area (Å²) >= 11 is 0. The minimum absolute atomic E-state index is 0. The average molecular weight is 412 g/mol. The fourth-order valence-corrected chi connectivity index (χ4v) is 2.85. The molecule has 0 bridgehead atoms. The Kier molecular flexibility index (Phi) is 6.11. The van der Waals surface area contributed by atoms with Crippen LogP contribution >= 0.6 is 24.0 Å². The summed E-state index contributed by atoms with van der Waals surface area (Å²) in [5.41, 5.74) is 9.76. The van der Waals surface area contributed by atoms with Crippen molar-refractivity contribution >= 4 is 40.8 Å². The average Bonchev–Trinajstić information content (AvgIpc) is 2.82. The number of rotatable bonds is 5. The summed E-state index contributed by atoms with van der Waals surface area (Å²) in [5, 5.41) is 4.52. The van der Waals surface area contributed by atoms with Crippen LogP contribution in [-0.2, 0) is 6.42 Å². The van der Waals surface area contributed by atoms with Crippen LogP contribution < -0.4 is 11.1 Å². The first kappa shape index (κ1) is 17.1. The molecule has 22 heavy (non-hydrogen) atoms. The molecule has 0 amide bonds. The van der Waals surface area contributed by atoms with Crippen LogP contribution in [0.5, 0.6) is 0 Å². The van der Waals surface area contributed by atoms with Crippen LogP contribution in [0.3, 0.4) is 0 Å². The number of aromatic nitrogens is 1. The van der Waals surface area contributed by atoms with Gasteiger partial charge in [0.15, 0.2) is 5.96 Å². The third-order valence-corrected chi connectivity index (χ3v) is 4.45. The number of hydrogen-bond acceptors (Lipinski definition) is 1. The summed E-state index contributed by atoms with van der Waals surface area (Å²) < 4.78 is 0. The molecule has 2 aromatic rings. The van der Waals surface area contributed by atoms with Gasteiger partial charge in [-0.25, -0.2) is 0 Å². The summed E-state index contributed by atoms with van der Waals surface area (Å²) in [6.07, 6.45) is 7.02. The number of aliphatic imine (C=N–C) groups is 1. The Balaban J connectivity index is 0.00000176. The highest BCUT2D eigenvalue weighted by Crippen LogP contribution is 2.26. The van der Waals surface area contributed by atoms with Crippen LogP contribution in [0, 0.1) is 12.8 Å². The molecule has 0 radical (unpaired) electrons. The number of nitrogens with one attached hydrogen (secondary N) is 2. The molecule has 0 unspecified atom stereocenters. The minimum atomic E-state index is 0. The van der Waals surface area contributed by atoms with Crippen molar-refractivity contribution in [2.45, 2.75) is 32.6 Å². The molecule has 3 rings (SSSR count). The summed E-state index contributed by atoms with van der Waals surface area (Å²) in [4.78, 5) is 7.78. The van der Waals surface area contributed by atoms with E-state index in [0.717, 1.165) is 25.4 Å². The summed E-state index contributed by atoms with van der Waals surface area (Å²) in [7, 11) is 0. The van der Waals surface area contributed by atoms with Gasteiger partial charge >= 0.3 is 0 Å². The minimum Gasteiger partial charge on any atom is -0.370 e. The summed E-state index contributed by atoms with van der Waals surface area (Å²) in [6.45, 7) is 3.83. The van der Waals surface area contributed by atoms with E-state index in [2.05, 4.69) is 46.6 Å². The summed E-state index contributed by atoms with van der Waals surface area (Å²) in [6, 6.07) is 6.41. The fourth-order valence-electron chi connectivity index (χ4n) is 2.85. The second-order valence-corrected chi connectivity index (χ2v) is 6.01. The van der Waals surface area contributed by atoms with Crippen LogP contribution in [-0.4, -0.2) is 24.0 Å². The van der Waals surface area contributed by atoms with Gasteiger partial charge in [-0.2, -0.15) is 0 Å². The highest BCUT2D eigenvalue weighted by Gasteiger charge is 2.16. The van der Waals surface area contributed by atoms with Crippen molar-refractivity contribution < 1.29 is 0 Å². The van der Waals surface area contributed by atoms with Crippen molar-refractivity contribution in [2.24, 2.45) is 16.6 Å². The number of H-pyrrole nitrogens is 1. The van der Waals surface area contributed by atoms with Crippen molar-refractivity contribution in [3.05, 3.63) is 35.5 Å². The van der Waals surface area contributed by atoms with E-state index in [9.17, 15) is 0 Å². The molecule has 120 valence electrons. The SMILES string of the molecule is Cc1cccc2c(CCNC(N)=NCC3CCC3)c[nH]c12.I. The third kappa shape index (κ3) is 3.94. The Hall–Kier alpha value is -1.24. The molecule has 1 aliphatic rings. The largest absolute Gasteiger partial charge is 0.370 e. The Morgan fingerprint density at radius 1 is 1.41 bits per heavy atom. The lowest BCUT2D eigenvalue weighted by Crippen LogP contribution is -2.34. The van der Waals surface area contributed by atoms with Crippen LogP contribution in [0.4, 0.5) is 0 Å². The van der Waals surface area contributed by atoms with E-state index in [-0.39, 0.29) is 24.0 Å². The van der Waals surface area contributed by atoms with E-state index in [1.165, 1.54) is 41.3 Å². The number of nitrogens with two attached hydrogens (primary N) is 1. The van der Waals surface area contributed by atoms with Crippen molar-refractivity contribution in [2.75, 3.05) is 13.1 Å². The zero-order valence-electron chi connectivity index (χ0n) is 13.1. The maximum atomic E-state index is 5.91. The van der Waals surface area contributed by atoms with Crippen LogP contribution in [0.1, 0.15) is 30.4 Å². The van der Waals surface area contributed by atoms with E-state index in [4.69, 9.17) is 5.73 Å². The van der Waals surface area contributed by atoms with Crippen molar-refractivity contribution in [3.8, 4) is 0 Å². The molecule has 1 saturated carbocycles. The maximum absolute atomic E-state index is 5.91. The molecule has 1 aliphatic carbocycles. The Morgan fingerprint density at radius 2 is 2.23 bits per heavy atom. The molecule has 1 fully saturated rings. The molecule has 1 aromatic heterocycles. The van der Waals surface area contributed by atoms with Gasteiger partial charge in [0.2, 0.25) is 0 Å². The summed E-state index contributed by atoms with van der Waals surface area (Å²) in [5.74, 6) is 1.35. The van der Waals surface area contributed by atoms with E-state index in [1.54, 1.807) is 0 Å². The maximum Gasteiger partial charge on any atom is 0.188 e. The normalized spacial score (nSPS) is 15.4. The first-order valence-corrected chi connectivity index (χ1v) is 7.83. The van der Waals surface area contributed by atoms with Crippen molar-refractivity contribution in [3.63, 3.8) is 0 Å². The van der Waals surface area contributed by atoms with Crippen LogP contribution in [0.2, 0.25) is 0 Å². The molecular weight excluding hydrogens is 387 g/mol. The topological polar surface area (TPSA) is 66.2 Å². The number of fused-ring (bicyclic) bond motifs is 1. The molecule has 0 atom stereocenters. The standard InChI is InChI=1S/C17H24N4.HI/c1-12-4-2-7-15-14(11-20-16(12)15)8-9-19-17(18)21-10-13-5-3-6-13;/h2,4,7,11,13,20H,3,5-6,8-10H2,1H3,(H3,18,19,21);1H. The van der Waals surface area contributed by atoms with E-state index >= 15 is 0 Å². The van der Waals surface area contributed by atoms with E-state index < -0.39 is 0 Å². The molecule has 4 N–H and O–H groups in total. The van der Waals surface area contributed by atoms with Crippen molar-refractivity contribution in [1.29, 1.82) is 0 Å². The number of hydrogen-bond donors (Lipinski definition) is 3. The van der Waals surface area contributed by atoms with Gasteiger partial charge in [-0.1, -0.05) is 24.6 Å². The first-order chi connectivity index (χ1) is 10.2. The van der Waals surface area contributed by atoms with Gasteiger partial charge in [-0.3, -0.25) is 4.99 Å². The number of halogens is 1. The van der Waals surface area contributed by atoms with Gasteiger partial charge in [0.25, 0.3) is 0 Å². The van der Waals surface area contributed by atoms with E-state index in [0.29, 0.717) is 5.96 Å². The lowest BCUT2D eigenvalue weighted by atomic mass is 9.86. The highest BCUT2D eigenvalue weighted by atomic mass is 127. The smallest absolute Gasteiger partial charge is 0.188 e. The molecule has 0 aliphatic heterocycles. The Labute approximate surface area is 149 Å². The molecule has 1 heterocycles. The molecule has 5 heteroatoms. The number of para-hydroxylation sites is 1. The van der Waals surface area contributed by atoms with Crippen LogP contribution in [0.25, 0.3) is 10.9 Å². The van der Waals surface area contributed by atoms with E-state index in [1.807, 2.05) is 0 Å². The quantitative estimate of drug-likeness (QED) is 0.401. The molecule has 1 aromatic carbocycles. The van der Waals surface area contributed by atoms with Gasteiger partial charge < -0.3 is 16.0 Å². The predicted octanol–water partition coefficient (Wildman–Crippen LogP) is 3.34. The van der Waals surface area contributed by atoms with Gasteiger partial charge in [-0.15, -0.1) is 24.0 Å². The van der Waals surface area contributed by atoms with Gasteiger partial charge in [0.05, 0.1) is 0 Å². The monoisotopic (exact) mass is 412 g/mol. The lowest BCUT2D eigenvalue weighted by Gasteiger charge is -2.23. The molecule has 4 nitrogen and oxygen atoms in total. The van der Waals surface area contributed by atoms with Crippen molar-refractivity contribution in [1.82, 2.24) is 10.3 Å². The first-order valence-electron chi connectivity index (χ1n) is 7.83. The molecule has 0 spiro atoms. The van der Waals surface area contributed by atoms with Crippen LogP contribution in [0.15, 0.2) is 29.4 Å². The highest BCUT2D eigenvalue weighted by molar-refractivity contribution is 14.0. The zero-order valence-corrected chi connectivity index (χ0v) is 15.4. The predicted molar refractivity (Wildman–Crippen MR) is 104 cm³/mol. The second-order valence-electron chi connectivity index (χ2n) is 6.01. The fraction of sp³-hybridized carbons (Fsp3) is 0.471. The van der Waals surface area contributed by atoms with Gasteiger partial charge in [0, 0.05) is 30.2 Å². The molecular formula is C17H25IN4. The lowest BCUT2D eigenvalue weighted by molar-refractivity contribution is 0.326. The number of benzene rings is 1. The Bertz CT molecular complexity index is 643. The number of nitrogens with zero attached hydrogens (tertiary/aromatic N) is 1. The second kappa shape index (κ2) is 7.85.